The quantitative estimate of drug-likeness (QED) is 0.732. The van der Waals surface area contributed by atoms with E-state index in [9.17, 15) is 4.79 Å². The first-order chi connectivity index (χ1) is 7.04. The van der Waals surface area contributed by atoms with Crippen LogP contribution in [-0.2, 0) is 0 Å². The Hall–Kier alpha value is -1.02. The van der Waals surface area contributed by atoms with Gasteiger partial charge in [0.1, 0.15) is 5.75 Å². The summed E-state index contributed by atoms with van der Waals surface area (Å²) in [5.41, 5.74) is 0.544. The molecule has 1 atom stereocenters. The van der Waals surface area contributed by atoms with Crippen LogP contribution in [0.2, 0.25) is 5.02 Å². The van der Waals surface area contributed by atoms with Gasteiger partial charge in [-0.05, 0) is 38.5 Å². The molecule has 0 N–H and O–H groups in total. The molecule has 0 aliphatic heterocycles. The zero-order chi connectivity index (χ0) is 11.4. The van der Waals surface area contributed by atoms with Gasteiger partial charge in [0.15, 0.2) is 5.78 Å². The van der Waals surface area contributed by atoms with E-state index in [1.807, 2.05) is 13.8 Å². The van der Waals surface area contributed by atoms with Gasteiger partial charge >= 0.3 is 0 Å². The van der Waals surface area contributed by atoms with Gasteiger partial charge in [0.05, 0.1) is 11.7 Å². The second-order valence-corrected chi connectivity index (χ2v) is 3.97. The Kier molecular flexibility index (Phi) is 4.15. The number of Topliss-reactive ketones (excluding diaryl/α,β-unsaturated/α-hetero) is 1. The molecule has 1 rings (SSSR count). The van der Waals surface area contributed by atoms with E-state index in [0.717, 1.165) is 6.42 Å². The van der Waals surface area contributed by atoms with Crippen LogP contribution in [0.1, 0.15) is 37.6 Å². The molecule has 0 aromatic heterocycles. The van der Waals surface area contributed by atoms with Gasteiger partial charge in [-0.3, -0.25) is 4.79 Å². The molecular formula is C12H15ClO2. The first-order valence-corrected chi connectivity index (χ1v) is 5.39. The molecule has 0 bridgehead atoms. The molecule has 1 aromatic rings. The van der Waals surface area contributed by atoms with Crippen LogP contribution >= 0.6 is 11.6 Å². The first kappa shape index (κ1) is 12.1. The summed E-state index contributed by atoms with van der Waals surface area (Å²) in [5.74, 6) is 0.581. The van der Waals surface area contributed by atoms with Crippen molar-refractivity contribution in [2.45, 2.75) is 33.3 Å². The molecule has 0 aliphatic carbocycles. The SMILES string of the molecule is CCC(C)Oc1ccc(Cl)cc1C(C)=O. The number of hydrogen-bond acceptors (Lipinski definition) is 2. The van der Waals surface area contributed by atoms with Crippen molar-refractivity contribution in [3.63, 3.8) is 0 Å². The third-order valence-corrected chi connectivity index (χ3v) is 2.46. The number of benzene rings is 1. The van der Waals surface area contributed by atoms with Crippen molar-refractivity contribution in [1.29, 1.82) is 0 Å². The predicted molar refractivity (Wildman–Crippen MR) is 61.8 cm³/mol. The molecule has 0 aliphatic rings. The van der Waals surface area contributed by atoms with Gasteiger partial charge in [-0.25, -0.2) is 0 Å². The Balaban J connectivity index is 3.01. The van der Waals surface area contributed by atoms with Gasteiger partial charge < -0.3 is 4.74 Å². The molecule has 0 spiro atoms. The molecular weight excluding hydrogens is 212 g/mol. The molecule has 3 heteroatoms. The van der Waals surface area contributed by atoms with Gasteiger partial charge in [0.25, 0.3) is 0 Å². The minimum absolute atomic E-state index is 0.0317. The highest BCUT2D eigenvalue weighted by atomic mass is 35.5. The van der Waals surface area contributed by atoms with Crippen LogP contribution in [-0.4, -0.2) is 11.9 Å². The van der Waals surface area contributed by atoms with Crippen molar-refractivity contribution >= 4 is 17.4 Å². The second-order valence-electron chi connectivity index (χ2n) is 3.53. The van der Waals surface area contributed by atoms with E-state index in [1.165, 1.54) is 6.92 Å². The monoisotopic (exact) mass is 226 g/mol. The minimum Gasteiger partial charge on any atom is -0.490 e. The molecule has 82 valence electrons. The van der Waals surface area contributed by atoms with Gasteiger partial charge in [-0.15, -0.1) is 0 Å². The molecule has 0 amide bonds. The lowest BCUT2D eigenvalue weighted by Gasteiger charge is -2.15. The number of ether oxygens (including phenoxy) is 1. The fraction of sp³-hybridized carbons (Fsp3) is 0.417. The van der Waals surface area contributed by atoms with Crippen LogP contribution in [0, 0.1) is 0 Å². The van der Waals surface area contributed by atoms with Crippen molar-refractivity contribution in [2.24, 2.45) is 0 Å². The van der Waals surface area contributed by atoms with Gasteiger partial charge in [-0.1, -0.05) is 18.5 Å². The summed E-state index contributed by atoms with van der Waals surface area (Å²) in [6.07, 6.45) is 1.00. The third kappa shape index (κ3) is 3.24. The maximum absolute atomic E-state index is 11.3. The van der Waals surface area contributed by atoms with Gasteiger partial charge in [0, 0.05) is 5.02 Å². The molecule has 0 heterocycles. The second kappa shape index (κ2) is 5.17. The van der Waals surface area contributed by atoms with E-state index in [0.29, 0.717) is 16.3 Å². The molecule has 0 saturated carbocycles. The smallest absolute Gasteiger partial charge is 0.163 e. The molecule has 2 nitrogen and oxygen atoms in total. The fourth-order valence-electron chi connectivity index (χ4n) is 1.18. The minimum atomic E-state index is -0.0317. The number of carbonyl (C=O) groups excluding carboxylic acids is 1. The van der Waals surface area contributed by atoms with Crippen LogP contribution in [0.5, 0.6) is 5.75 Å². The summed E-state index contributed by atoms with van der Waals surface area (Å²) in [5, 5.41) is 0.553. The summed E-state index contributed by atoms with van der Waals surface area (Å²) >= 11 is 5.82. The average molecular weight is 227 g/mol. The summed E-state index contributed by atoms with van der Waals surface area (Å²) in [7, 11) is 0. The summed E-state index contributed by atoms with van der Waals surface area (Å²) in [6, 6.07) is 5.11. The highest BCUT2D eigenvalue weighted by Crippen LogP contribution is 2.24. The Morgan fingerprint density at radius 3 is 2.73 bits per heavy atom. The van der Waals surface area contributed by atoms with E-state index in [4.69, 9.17) is 16.3 Å². The van der Waals surface area contributed by atoms with Gasteiger partial charge in [-0.2, -0.15) is 0 Å². The van der Waals surface area contributed by atoms with E-state index < -0.39 is 0 Å². The van der Waals surface area contributed by atoms with E-state index >= 15 is 0 Å². The summed E-state index contributed by atoms with van der Waals surface area (Å²) in [6.45, 7) is 5.52. The Morgan fingerprint density at radius 1 is 1.53 bits per heavy atom. The Morgan fingerprint density at radius 2 is 2.20 bits per heavy atom. The highest BCUT2D eigenvalue weighted by molar-refractivity contribution is 6.31. The standard InChI is InChI=1S/C12H15ClO2/c1-4-8(2)15-12-6-5-10(13)7-11(12)9(3)14/h5-8H,4H2,1-3H3. The summed E-state index contributed by atoms with van der Waals surface area (Å²) in [4.78, 5) is 11.3. The maximum atomic E-state index is 11.3. The van der Waals surface area contributed by atoms with Gasteiger partial charge in [0.2, 0.25) is 0 Å². The zero-order valence-electron chi connectivity index (χ0n) is 9.21. The number of carbonyl (C=O) groups is 1. The molecule has 0 fully saturated rings. The topological polar surface area (TPSA) is 26.3 Å². The van der Waals surface area contributed by atoms with E-state index in [1.54, 1.807) is 18.2 Å². The molecule has 1 unspecified atom stereocenters. The lowest BCUT2D eigenvalue weighted by atomic mass is 10.1. The zero-order valence-corrected chi connectivity index (χ0v) is 9.97. The van der Waals surface area contributed by atoms with E-state index in [-0.39, 0.29) is 11.9 Å². The van der Waals surface area contributed by atoms with Crippen LogP contribution in [0.4, 0.5) is 0 Å². The Labute approximate surface area is 95.2 Å². The van der Waals surface area contributed by atoms with Crippen LogP contribution < -0.4 is 4.74 Å². The van der Waals surface area contributed by atoms with E-state index in [2.05, 4.69) is 0 Å². The van der Waals surface area contributed by atoms with Crippen LogP contribution in [0.25, 0.3) is 0 Å². The molecule has 1 aromatic carbocycles. The van der Waals surface area contributed by atoms with Crippen molar-refractivity contribution in [3.05, 3.63) is 28.8 Å². The van der Waals surface area contributed by atoms with Crippen molar-refractivity contribution in [3.8, 4) is 5.75 Å². The number of ketones is 1. The Bertz CT molecular complexity index is 361. The lowest BCUT2D eigenvalue weighted by Crippen LogP contribution is -2.12. The number of hydrogen-bond donors (Lipinski definition) is 0. The predicted octanol–water partition coefficient (Wildman–Crippen LogP) is 3.72. The third-order valence-electron chi connectivity index (χ3n) is 2.22. The molecule has 15 heavy (non-hydrogen) atoms. The van der Waals surface area contributed by atoms with Crippen LogP contribution in [0.15, 0.2) is 18.2 Å². The lowest BCUT2D eigenvalue weighted by molar-refractivity contribution is 0.101. The fourth-order valence-corrected chi connectivity index (χ4v) is 1.35. The van der Waals surface area contributed by atoms with Crippen molar-refractivity contribution in [2.75, 3.05) is 0 Å². The number of rotatable bonds is 4. The van der Waals surface area contributed by atoms with Crippen LogP contribution in [0.3, 0.4) is 0 Å². The average Bonchev–Trinajstić information content (AvgIpc) is 2.20. The first-order valence-electron chi connectivity index (χ1n) is 5.01. The molecule has 0 saturated heterocycles. The largest absolute Gasteiger partial charge is 0.490 e. The van der Waals surface area contributed by atoms with Crippen molar-refractivity contribution < 1.29 is 9.53 Å². The normalized spacial score (nSPS) is 12.3. The molecule has 0 radical (unpaired) electrons. The van der Waals surface area contributed by atoms with Crippen molar-refractivity contribution in [1.82, 2.24) is 0 Å². The highest BCUT2D eigenvalue weighted by Gasteiger charge is 2.11. The summed E-state index contributed by atoms with van der Waals surface area (Å²) < 4.78 is 5.63. The maximum Gasteiger partial charge on any atom is 0.163 e. The number of halogens is 1.